The number of halogens is 2. The normalized spacial score (nSPS) is 12.6. The molecule has 0 fully saturated rings. The second-order valence-electron chi connectivity index (χ2n) is 4.91. The molecule has 0 radical (unpaired) electrons. The number of thiophene rings is 1. The Morgan fingerprint density at radius 2 is 2.10 bits per heavy atom. The minimum absolute atomic E-state index is 0.324. The number of nitrogens with one attached hydrogen (secondary N) is 1. The van der Waals surface area contributed by atoms with Crippen molar-refractivity contribution < 1.29 is 0 Å². The summed E-state index contributed by atoms with van der Waals surface area (Å²) in [5.74, 6) is 0. The molecular weight excluding hydrogens is 354 g/mol. The Hall–Kier alpha value is -0.350. The molecule has 0 aliphatic heterocycles. The summed E-state index contributed by atoms with van der Waals surface area (Å²) in [7, 11) is 0. The largest absolute Gasteiger partial charge is 0.309 e. The van der Waals surface area contributed by atoms with Crippen LogP contribution in [-0.4, -0.2) is 6.54 Å². The maximum atomic E-state index is 6.29. The number of aryl methyl sites for hydroxylation is 1. The second-order valence-corrected chi connectivity index (χ2v) is 7.72. The van der Waals surface area contributed by atoms with Crippen LogP contribution >= 0.6 is 38.9 Å². The summed E-state index contributed by atoms with van der Waals surface area (Å²) >= 11 is 11.7. The Morgan fingerprint density at radius 3 is 2.70 bits per heavy atom. The maximum Gasteiger partial charge on any atom is 0.0731 e. The van der Waals surface area contributed by atoms with E-state index in [-0.39, 0.29) is 0 Å². The van der Waals surface area contributed by atoms with Crippen molar-refractivity contribution in [1.82, 2.24) is 5.32 Å². The van der Waals surface area contributed by atoms with Crippen LogP contribution in [0.25, 0.3) is 0 Å². The molecule has 0 spiro atoms. The average molecular weight is 373 g/mol. The fourth-order valence-electron chi connectivity index (χ4n) is 2.13. The fraction of sp³-hybridized carbons (Fsp3) is 0.375. The van der Waals surface area contributed by atoms with Gasteiger partial charge in [0.2, 0.25) is 0 Å². The van der Waals surface area contributed by atoms with Crippen molar-refractivity contribution >= 4 is 38.9 Å². The van der Waals surface area contributed by atoms with Gasteiger partial charge in [0.15, 0.2) is 0 Å². The molecule has 1 unspecified atom stereocenters. The minimum atomic E-state index is 0.324. The standard InChI is InChI=1S/C16H19BrClNS/c1-3-8-19-14(15-9-11(2)16(17)20-15)10-12-6-4-5-7-13(12)18/h4-7,9,14,19H,3,8,10H2,1-2H3. The first-order valence-corrected chi connectivity index (χ1v) is 8.83. The van der Waals surface area contributed by atoms with Crippen molar-refractivity contribution in [3.05, 3.63) is 55.1 Å². The Labute approximate surface area is 138 Å². The molecule has 4 heteroatoms. The number of hydrogen-bond acceptors (Lipinski definition) is 2. The molecule has 1 heterocycles. The van der Waals surface area contributed by atoms with Crippen LogP contribution in [-0.2, 0) is 6.42 Å². The van der Waals surface area contributed by atoms with Gasteiger partial charge in [-0.2, -0.15) is 0 Å². The second kappa shape index (κ2) is 7.60. The van der Waals surface area contributed by atoms with E-state index >= 15 is 0 Å². The summed E-state index contributed by atoms with van der Waals surface area (Å²) in [6, 6.07) is 10.7. The molecule has 2 rings (SSSR count). The average Bonchev–Trinajstić information content (AvgIpc) is 2.76. The van der Waals surface area contributed by atoms with Crippen LogP contribution in [0.5, 0.6) is 0 Å². The van der Waals surface area contributed by atoms with Crippen LogP contribution in [0.3, 0.4) is 0 Å². The molecule has 1 aromatic heterocycles. The molecule has 0 saturated heterocycles. The first-order chi connectivity index (χ1) is 9.61. The Bertz CT molecular complexity index is 548. The zero-order valence-electron chi connectivity index (χ0n) is 11.7. The van der Waals surface area contributed by atoms with Crippen LogP contribution in [0, 0.1) is 6.92 Å². The first kappa shape index (κ1) is 16.0. The molecule has 2 aromatic rings. The van der Waals surface area contributed by atoms with Crippen molar-refractivity contribution in [1.29, 1.82) is 0 Å². The summed E-state index contributed by atoms with van der Waals surface area (Å²) in [6.45, 7) is 5.34. The van der Waals surface area contributed by atoms with E-state index in [1.54, 1.807) is 0 Å². The number of hydrogen-bond donors (Lipinski definition) is 1. The van der Waals surface area contributed by atoms with Gasteiger partial charge in [0.05, 0.1) is 3.79 Å². The van der Waals surface area contributed by atoms with E-state index < -0.39 is 0 Å². The van der Waals surface area contributed by atoms with Crippen LogP contribution in [0.1, 0.15) is 35.4 Å². The molecule has 1 atom stereocenters. The van der Waals surface area contributed by atoms with Crippen LogP contribution in [0.2, 0.25) is 5.02 Å². The molecule has 0 amide bonds. The van der Waals surface area contributed by atoms with Crippen molar-refractivity contribution in [3.63, 3.8) is 0 Å². The molecule has 0 aliphatic carbocycles. The van der Waals surface area contributed by atoms with Crippen molar-refractivity contribution in [2.75, 3.05) is 6.54 Å². The third-order valence-corrected chi connectivity index (χ3v) is 5.86. The van der Waals surface area contributed by atoms with Gasteiger partial charge in [-0.15, -0.1) is 11.3 Å². The molecule has 20 heavy (non-hydrogen) atoms. The number of rotatable bonds is 6. The number of benzene rings is 1. The summed E-state index contributed by atoms with van der Waals surface area (Å²) in [5.41, 5.74) is 2.50. The Balaban J connectivity index is 2.21. The molecular formula is C16H19BrClNS. The smallest absolute Gasteiger partial charge is 0.0731 e. The molecule has 1 aromatic carbocycles. The van der Waals surface area contributed by atoms with Crippen molar-refractivity contribution in [3.8, 4) is 0 Å². The molecule has 1 nitrogen and oxygen atoms in total. The van der Waals surface area contributed by atoms with Crippen LogP contribution < -0.4 is 5.32 Å². The third kappa shape index (κ3) is 4.08. The van der Waals surface area contributed by atoms with E-state index in [0.717, 1.165) is 24.4 Å². The van der Waals surface area contributed by atoms with Crippen LogP contribution in [0.15, 0.2) is 34.1 Å². The van der Waals surface area contributed by atoms with Gasteiger partial charge in [0.25, 0.3) is 0 Å². The van der Waals surface area contributed by atoms with Gasteiger partial charge >= 0.3 is 0 Å². The minimum Gasteiger partial charge on any atom is -0.309 e. The predicted molar refractivity (Wildman–Crippen MR) is 92.9 cm³/mol. The highest BCUT2D eigenvalue weighted by Gasteiger charge is 2.16. The molecule has 0 aliphatic rings. The monoisotopic (exact) mass is 371 g/mol. The quantitative estimate of drug-likeness (QED) is 0.680. The lowest BCUT2D eigenvalue weighted by Crippen LogP contribution is -2.23. The lowest BCUT2D eigenvalue weighted by molar-refractivity contribution is 0.536. The highest BCUT2D eigenvalue weighted by atomic mass is 79.9. The van der Waals surface area contributed by atoms with Crippen molar-refractivity contribution in [2.45, 2.75) is 32.7 Å². The van der Waals surface area contributed by atoms with Gasteiger partial charge in [0.1, 0.15) is 0 Å². The van der Waals surface area contributed by atoms with Gasteiger partial charge in [-0.05, 0) is 65.5 Å². The van der Waals surface area contributed by atoms with E-state index in [1.165, 1.54) is 19.8 Å². The molecule has 1 N–H and O–H groups in total. The lowest BCUT2D eigenvalue weighted by Gasteiger charge is -2.18. The van der Waals surface area contributed by atoms with Gasteiger partial charge in [0, 0.05) is 15.9 Å². The summed E-state index contributed by atoms with van der Waals surface area (Å²) in [4.78, 5) is 1.36. The Kier molecular flexibility index (Phi) is 6.09. The van der Waals surface area contributed by atoms with Gasteiger partial charge < -0.3 is 5.32 Å². The van der Waals surface area contributed by atoms with E-state index in [1.807, 2.05) is 29.5 Å². The lowest BCUT2D eigenvalue weighted by atomic mass is 10.0. The highest BCUT2D eigenvalue weighted by Crippen LogP contribution is 2.33. The summed E-state index contributed by atoms with van der Waals surface area (Å²) in [6.07, 6.45) is 2.05. The first-order valence-electron chi connectivity index (χ1n) is 6.84. The molecule has 0 saturated carbocycles. The van der Waals surface area contributed by atoms with Crippen LogP contribution in [0.4, 0.5) is 0 Å². The Morgan fingerprint density at radius 1 is 1.35 bits per heavy atom. The van der Waals surface area contributed by atoms with E-state index in [0.29, 0.717) is 6.04 Å². The zero-order valence-corrected chi connectivity index (χ0v) is 14.9. The van der Waals surface area contributed by atoms with Gasteiger partial charge in [-0.3, -0.25) is 0 Å². The SMILES string of the molecule is CCCNC(Cc1ccccc1Cl)c1cc(C)c(Br)s1. The van der Waals surface area contributed by atoms with Crippen molar-refractivity contribution in [2.24, 2.45) is 0 Å². The van der Waals surface area contributed by atoms with E-state index in [9.17, 15) is 0 Å². The van der Waals surface area contributed by atoms with E-state index in [2.05, 4.69) is 47.2 Å². The fourth-order valence-corrected chi connectivity index (χ4v) is 3.99. The summed E-state index contributed by atoms with van der Waals surface area (Å²) < 4.78 is 1.22. The molecule has 108 valence electrons. The van der Waals surface area contributed by atoms with Gasteiger partial charge in [-0.25, -0.2) is 0 Å². The van der Waals surface area contributed by atoms with Gasteiger partial charge in [-0.1, -0.05) is 36.7 Å². The summed E-state index contributed by atoms with van der Waals surface area (Å²) in [5, 5.41) is 4.48. The predicted octanol–water partition coefficient (Wildman–Crippen LogP) is 5.76. The topological polar surface area (TPSA) is 12.0 Å². The van der Waals surface area contributed by atoms with E-state index in [4.69, 9.17) is 11.6 Å². The highest BCUT2D eigenvalue weighted by molar-refractivity contribution is 9.11. The zero-order chi connectivity index (χ0) is 14.5. The maximum absolute atomic E-state index is 6.29. The third-order valence-electron chi connectivity index (χ3n) is 3.24. The molecule has 0 bridgehead atoms.